The number of hydrogen-bond donors (Lipinski definition) is 1. The van der Waals surface area contributed by atoms with Crippen molar-refractivity contribution < 1.29 is 9.32 Å². The van der Waals surface area contributed by atoms with Gasteiger partial charge in [0.05, 0.1) is 12.2 Å². The molecule has 0 radical (unpaired) electrons. The predicted octanol–water partition coefficient (Wildman–Crippen LogP) is 2.77. The van der Waals surface area contributed by atoms with E-state index in [1.54, 1.807) is 0 Å². The van der Waals surface area contributed by atoms with E-state index < -0.39 is 0 Å². The fourth-order valence-corrected chi connectivity index (χ4v) is 2.05. The summed E-state index contributed by atoms with van der Waals surface area (Å²) in [5.41, 5.74) is 0.929. The molecule has 1 heterocycles. The molecule has 4 heteroatoms. The Bertz CT molecular complexity index is 435. The highest BCUT2D eigenvalue weighted by Gasteiger charge is 2.14. The number of aromatic nitrogens is 1. The van der Waals surface area contributed by atoms with Crippen LogP contribution in [0.1, 0.15) is 50.5 Å². The Morgan fingerprint density at radius 1 is 1.61 bits per heavy atom. The molecule has 1 amide bonds. The number of nitrogens with zero attached hydrogens (tertiary/aromatic N) is 1. The summed E-state index contributed by atoms with van der Waals surface area (Å²) >= 11 is 0. The van der Waals surface area contributed by atoms with Crippen LogP contribution in [-0.2, 0) is 11.3 Å². The van der Waals surface area contributed by atoms with Crippen LogP contribution in [0.3, 0.4) is 0 Å². The molecule has 0 spiro atoms. The normalized spacial score (nSPS) is 18.5. The molecule has 1 unspecified atom stereocenters. The molecular weight excluding hydrogens is 228 g/mol. The minimum atomic E-state index is 0.0778. The van der Waals surface area contributed by atoms with Gasteiger partial charge in [0.1, 0.15) is 0 Å². The molecule has 0 bridgehead atoms. The second-order valence-corrected chi connectivity index (χ2v) is 5.12. The molecule has 18 heavy (non-hydrogen) atoms. The molecule has 1 atom stereocenters. The van der Waals surface area contributed by atoms with E-state index in [4.69, 9.17) is 4.52 Å². The molecule has 0 aliphatic heterocycles. The van der Waals surface area contributed by atoms with Crippen molar-refractivity contribution >= 4 is 5.91 Å². The molecular formula is C14H20N2O2. The SMILES string of the molecule is CC(C)c1cc(CNC(=O)CC2C=CCC2)on1. The molecule has 1 N–H and O–H groups in total. The summed E-state index contributed by atoms with van der Waals surface area (Å²) in [4.78, 5) is 11.7. The highest BCUT2D eigenvalue weighted by molar-refractivity contribution is 5.76. The highest BCUT2D eigenvalue weighted by Crippen LogP contribution is 2.20. The lowest BCUT2D eigenvalue weighted by molar-refractivity contribution is -0.121. The molecule has 0 saturated heterocycles. The quantitative estimate of drug-likeness (QED) is 0.815. The average molecular weight is 248 g/mol. The van der Waals surface area contributed by atoms with Crippen molar-refractivity contribution in [1.82, 2.24) is 10.5 Å². The van der Waals surface area contributed by atoms with Gasteiger partial charge in [0.25, 0.3) is 0 Å². The molecule has 4 nitrogen and oxygen atoms in total. The van der Waals surface area contributed by atoms with E-state index >= 15 is 0 Å². The molecule has 1 aromatic rings. The van der Waals surface area contributed by atoms with E-state index in [0.717, 1.165) is 18.5 Å². The Balaban J connectivity index is 1.76. The van der Waals surface area contributed by atoms with Gasteiger partial charge in [-0.05, 0) is 24.7 Å². The third-order valence-electron chi connectivity index (χ3n) is 3.19. The van der Waals surface area contributed by atoms with Crippen LogP contribution in [-0.4, -0.2) is 11.1 Å². The van der Waals surface area contributed by atoms with Crippen molar-refractivity contribution in [3.05, 3.63) is 29.7 Å². The molecule has 1 aliphatic rings. The Morgan fingerprint density at radius 3 is 3.06 bits per heavy atom. The number of carbonyl (C=O) groups is 1. The second kappa shape index (κ2) is 5.85. The molecule has 0 saturated carbocycles. The van der Waals surface area contributed by atoms with Gasteiger partial charge in [-0.15, -0.1) is 0 Å². The van der Waals surface area contributed by atoms with Gasteiger partial charge in [0.15, 0.2) is 5.76 Å². The standard InChI is InChI=1S/C14H20N2O2/c1-10(2)13-8-12(18-16-13)9-15-14(17)7-11-5-3-4-6-11/h3,5,8,10-11H,4,6-7,9H2,1-2H3,(H,15,17). The molecule has 0 fully saturated rings. The summed E-state index contributed by atoms with van der Waals surface area (Å²) in [6.07, 6.45) is 7.03. The lowest BCUT2D eigenvalue weighted by Gasteiger charge is -2.07. The summed E-state index contributed by atoms with van der Waals surface area (Å²) in [5, 5.41) is 6.83. The minimum Gasteiger partial charge on any atom is -0.359 e. The topological polar surface area (TPSA) is 55.1 Å². The van der Waals surface area contributed by atoms with E-state index in [-0.39, 0.29) is 5.91 Å². The van der Waals surface area contributed by atoms with Crippen molar-refractivity contribution in [2.75, 3.05) is 0 Å². The fraction of sp³-hybridized carbons (Fsp3) is 0.571. The summed E-state index contributed by atoms with van der Waals surface area (Å²) in [5.74, 6) is 1.55. The second-order valence-electron chi connectivity index (χ2n) is 5.12. The number of nitrogens with one attached hydrogen (secondary N) is 1. The van der Waals surface area contributed by atoms with Crippen LogP contribution in [0, 0.1) is 5.92 Å². The van der Waals surface area contributed by atoms with Crippen molar-refractivity contribution in [2.24, 2.45) is 5.92 Å². The summed E-state index contributed by atoms with van der Waals surface area (Å²) in [7, 11) is 0. The van der Waals surface area contributed by atoms with Crippen molar-refractivity contribution in [1.29, 1.82) is 0 Å². The maximum atomic E-state index is 11.7. The van der Waals surface area contributed by atoms with Crippen LogP contribution in [0.2, 0.25) is 0 Å². The van der Waals surface area contributed by atoms with Gasteiger partial charge < -0.3 is 9.84 Å². The van der Waals surface area contributed by atoms with Crippen LogP contribution in [0.15, 0.2) is 22.7 Å². The van der Waals surface area contributed by atoms with E-state index in [2.05, 4.69) is 36.5 Å². The van der Waals surface area contributed by atoms with Gasteiger partial charge in [-0.25, -0.2) is 0 Å². The highest BCUT2D eigenvalue weighted by atomic mass is 16.5. The summed E-state index contributed by atoms with van der Waals surface area (Å²) < 4.78 is 5.17. The molecule has 98 valence electrons. The third-order valence-corrected chi connectivity index (χ3v) is 3.19. The summed E-state index contributed by atoms with van der Waals surface area (Å²) in [6.45, 7) is 4.55. The average Bonchev–Trinajstić information content (AvgIpc) is 2.96. The zero-order valence-corrected chi connectivity index (χ0v) is 11.0. The van der Waals surface area contributed by atoms with Crippen molar-refractivity contribution in [3.63, 3.8) is 0 Å². The molecule has 2 rings (SSSR count). The minimum absolute atomic E-state index is 0.0778. The maximum absolute atomic E-state index is 11.7. The van der Waals surface area contributed by atoms with Gasteiger partial charge in [-0.2, -0.15) is 0 Å². The first kappa shape index (κ1) is 12.9. The Morgan fingerprint density at radius 2 is 2.44 bits per heavy atom. The van der Waals surface area contributed by atoms with E-state index in [0.29, 0.717) is 30.6 Å². The van der Waals surface area contributed by atoms with E-state index in [1.807, 2.05) is 6.07 Å². The van der Waals surface area contributed by atoms with Gasteiger partial charge in [-0.3, -0.25) is 4.79 Å². The van der Waals surface area contributed by atoms with Gasteiger partial charge in [0.2, 0.25) is 5.91 Å². The van der Waals surface area contributed by atoms with E-state index in [1.165, 1.54) is 0 Å². The van der Waals surface area contributed by atoms with Crippen LogP contribution in [0.25, 0.3) is 0 Å². The lowest BCUT2D eigenvalue weighted by Crippen LogP contribution is -2.24. The fourth-order valence-electron chi connectivity index (χ4n) is 2.05. The number of rotatable bonds is 5. The van der Waals surface area contributed by atoms with Crippen molar-refractivity contribution in [2.45, 2.75) is 45.6 Å². The lowest BCUT2D eigenvalue weighted by atomic mass is 10.1. The number of hydrogen-bond acceptors (Lipinski definition) is 3. The van der Waals surface area contributed by atoms with Crippen LogP contribution < -0.4 is 5.32 Å². The van der Waals surface area contributed by atoms with Crippen LogP contribution in [0.4, 0.5) is 0 Å². The summed E-state index contributed by atoms with van der Waals surface area (Å²) in [6, 6.07) is 1.90. The Hall–Kier alpha value is -1.58. The first-order chi connectivity index (χ1) is 8.65. The zero-order valence-electron chi connectivity index (χ0n) is 11.0. The van der Waals surface area contributed by atoms with Crippen molar-refractivity contribution in [3.8, 4) is 0 Å². The van der Waals surface area contributed by atoms with Gasteiger partial charge in [0, 0.05) is 12.5 Å². The first-order valence-corrected chi connectivity index (χ1v) is 6.54. The third kappa shape index (κ3) is 3.45. The Kier molecular flexibility index (Phi) is 4.18. The predicted molar refractivity (Wildman–Crippen MR) is 68.9 cm³/mol. The first-order valence-electron chi connectivity index (χ1n) is 6.54. The maximum Gasteiger partial charge on any atom is 0.220 e. The number of allylic oxidation sites excluding steroid dienone is 2. The van der Waals surface area contributed by atoms with Gasteiger partial charge >= 0.3 is 0 Å². The monoisotopic (exact) mass is 248 g/mol. The number of carbonyl (C=O) groups excluding carboxylic acids is 1. The van der Waals surface area contributed by atoms with Gasteiger partial charge in [-0.1, -0.05) is 31.2 Å². The largest absolute Gasteiger partial charge is 0.359 e. The Labute approximate surface area is 107 Å². The number of amides is 1. The van der Waals surface area contributed by atoms with Crippen LogP contribution >= 0.6 is 0 Å². The molecule has 0 aromatic carbocycles. The smallest absolute Gasteiger partial charge is 0.220 e. The van der Waals surface area contributed by atoms with E-state index in [9.17, 15) is 4.79 Å². The van der Waals surface area contributed by atoms with Crippen LogP contribution in [0.5, 0.6) is 0 Å². The zero-order chi connectivity index (χ0) is 13.0. The molecule has 1 aromatic heterocycles. The molecule has 1 aliphatic carbocycles.